The summed E-state index contributed by atoms with van der Waals surface area (Å²) in [5.41, 5.74) is 1.66. The Balaban J connectivity index is 2.64. The number of aromatic nitrogens is 1. The molecule has 0 unspecified atom stereocenters. The lowest BCUT2D eigenvalue weighted by Gasteiger charge is -2.01. The number of carbonyl (C=O) groups excluding carboxylic acids is 1. The van der Waals surface area contributed by atoms with Crippen LogP contribution in [0.1, 0.15) is 5.69 Å². The minimum Gasteiger partial charge on any atom is -0.324 e. The average molecular weight is 229 g/mol. The standard InChI is InChI=1S/C8H9BrN2O/c1-6-2-3-7(5-10-6)11-8(12)4-9/h2-3,5H,4H2,1H3,(H,11,12). The van der Waals surface area contributed by atoms with Gasteiger partial charge in [-0.2, -0.15) is 0 Å². The predicted molar refractivity (Wildman–Crippen MR) is 51.4 cm³/mol. The zero-order chi connectivity index (χ0) is 8.97. The molecule has 0 aliphatic heterocycles. The molecule has 4 heteroatoms. The highest BCUT2D eigenvalue weighted by Crippen LogP contribution is 2.05. The van der Waals surface area contributed by atoms with Crippen molar-refractivity contribution in [3.05, 3.63) is 24.0 Å². The molecule has 0 spiro atoms. The molecule has 1 aromatic rings. The molecule has 1 rings (SSSR count). The zero-order valence-electron chi connectivity index (χ0n) is 6.67. The fourth-order valence-corrected chi connectivity index (χ4v) is 0.876. The third-order valence-corrected chi connectivity index (χ3v) is 1.83. The highest BCUT2D eigenvalue weighted by Gasteiger charge is 1.98. The first kappa shape index (κ1) is 9.19. The van der Waals surface area contributed by atoms with Crippen LogP contribution >= 0.6 is 15.9 Å². The molecule has 1 aromatic heterocycles. The monoisotopic (exact) mass is 228 g/mol. The van der Waals surface area contributed by atoms with Gasteiger partial charge in [0.05, 0.1) is 17.2 Å². The molecular weight excluding hydrogens is 220 g/mol. The van der Waals surface area contributed by atoms with Crippen LogP contribution in [-0.4, -0.2) is 16.2 Å². The number of hydrogen-bond acceptors (Lipinski definition) is 2. The number of halogens is 1. The summed E-state index contributed by atoms with van der Waals surface area (Å²) in [4.78, 5) is 14.9. The van der Waals surface area contributed by atoms with Crippen molar-refractivity contribution in [1.82, 2.24) is 4.98 Å². The number of alkyl halides is 1. The second-order valence-corrected chi connectivity index (χ2v) is 2.93. The molecule has 0 aromatic carbocycles. The van der Waals surface area contributed by atoms with Gasteiger partial charge in [0, 0.05) is 5.69 Å². The maximum absolute atomic E-state index is 10.9. The summed E-state index contributed by atoms with van der Waals surface area (Å²) in [7, 11) is 0. The van der Waals surface area contributed by atoms with Gasteiger partial charge >= 0.3 is 0 Å². The molecule has 64 valence electrons. The fraction of sp³-hybridized carbons (Fsp3) is 0.250. The summed E-state index contributed by atoms with van der Waals surface area (Å²) in [6, 6.07) is 3.67. The summed E-state index contributed by atoms with van der Waals surface area (Å²) >= 11 is 3.05. The normalized spacial score (nSPS) is 9.50. The van der Waals surface area contributed by atoms with Crippen molar-refractivity contribution in [2.45, 2.75) is 6.92 Å². The Morgan fingerprint density at radius 1 is 1.67 bits per heavy atom. The van der Waals surface area contributed by atoms with Crippen LogP contribution in [0.2, 0.25) is 0 Å². The molecule has 0 aliphatic rings. The van der Waals surface area contributed by atoms with E-state index in [4.69, 9.17) is 0 Å². The number of amides is 1. The molecule has 0 fully saturated rings. The van der Waals surface area contributed by atoms with Gasteiger partial charge in [0.15, 0.2) is 0 Å². The Hall–Kier alpha value is -0.900. The smallest absolute Gasteiger partial charge is 0.235 e. The third-order valence-electron chi connectivity index (χ3n) is 1.32. The van der Waals surface area contributed by atoms with E-state index in [0.29, 0.717) is 5.33 Å². The summed E-state index contributed by atoms with van der Waals surface area (Å²) in [6.07, 6.45) is 1.63. The van der Waals surface area contributed by atoms with Crippen LogP contribution in [0.3, 0.4) is 0 Å². The molecule has 3 nitrogen and oxygen atoms in total. The topological polar surface area (TPSA) is 42.0 Å². The lowest BCUT2D eigenvalue weighted by molar-refractivity contribution is -0.113. The number of anilines is 1. The van der Waals surface area contributed by atoms with Gasteiger partial charge in [0.25, 0.3) is 0 Å². The van der Waals surface area contributed by atoms with Gasteiger partial charge in [-0.3, -0.25) is 9.78 Å². The lowest BCUT2D eigenvalue weighted by atomic mass is 10.3. The van der Waals surface area contributed by atoms with E-state index in [2.05, 4.69) is 26.2 Å². The van der Waals surface area contributed by atoms with E-state index in [9.17, 15) is 4.79 Å². The lowest BCUT2D eigenvalue weighted by Crippen LogP contribution is -2.12. The van der Waals surface area contributed by atoms with E-state index >= 15 is 0 Å². The maximum Gasteiger partial charge on any atom is 0.235 e. The minimum atomic E-state index is -0.0688. The summed E-state index contributed by atoms with van der Waals surface area (Å²) in [5.74, 6) is -0.0688. The highest BCUT2D eigenvalue weighted by molar-refractivity contribution is 9.09. The summed E-state index contributed by atoms with van der Waals surface area (Å²) in [5, 5.41) is 2.98. The van der Waals surface area contributed by atoms with Crippen molar-refractivity contribution in [1.29, 1.82) is 0 Å². The number of nitrogens with one attached hydrogen (secondary N) is 1. The van der Waals surface area contributed by atoms with E-state index in [1.165, 1.54) is 0 Å². The molecule has 1 heterocycles. The van der Waals surface area contributed by atoms with Gasteiger partial charge in [-0.25, -0.2) is 0 Å². The van der Waals surface area contributed by atoms with Gasteiger partial charge in [0.2, 0.25) is 5.91 Å². The van der Waals surface area contributed by atoms with Gasteiger partial charge in [-0.15, -0.1) is 0 Å². The number of hydrogen-bond donors (Lipinski definition) is 1. The zero-order valence-corrected chi connectivity index (χ0v) is 8.26. The van der Waals surface area contributed by atoms with Crippen LogP contribution in [0.15, 0.2) is 18.3 Å². The maximum atomic E-state index is 10.9. The number of rotatable bonds is 2. The molecule has 12 heavy (non-hydrogen) atoms. The average Bonchev–Trinajstić information content (AvgIpc) is 2.09. The Morgan fingerprint density at radius 2 is 2.42 bits per heavy atom. The van der Waals surface area contributed by atoms with Gasteiger partial charge in [-0.05, 0) is 19.1 Å². The quantitative estimate of drug-likeness (QED) is 0.784. The molecular formula is C8H9BrN2O. The largest absolute Gasteiger partial charge is 0.324 e. The van der Waals surface area contributed by atoms with Crippen LogP contribution in [0, 0.1) is 6.92 Å². The van der Waals surface area contributed by atoms with Crippen molar-refractivity contribution in [3.63, 3.8) is 0 Å². The first-order valence-electron chi connectivity index (χ1n) is 3.51. The van der Waals surface area contributed by atoms with Gasteiger partial charge in [-0.1, -0.05) is 15.9 Å². The number of aryl methyl sites for hydroxylation is 1. The molecule has 0 atom stereocenters. The van der Waals surface area contributed by atoms with Crippen molar-refractivity contribution in [2.24, 2.45) is 0 Å². The van der Waals surface area contributed by atoms with Crippen molar-refractivity contribution in [3.8, 4) is 0 Å². The number of pyridine rings is 1. The Bertz CT molecular complexity index is 271. The second-order valence-electron chi connectivity index (χ2n) is 2.37. The minimum absolute atomic E-state index is 0.0688. The van der Waals surface area contributed by atoms with Crippen molar-refractivity contribution >= 4 is 27.5 Å². The highest BCUT2D eigenvalue weighted by atomic mass is 79.9. The van der Waals surface area contributed by atoms with E-state index in [0.717, 1.165) is 11.4 Å². The Labute approximate surface area is 79.3 Å². The van der Waals surface area contributed by atoms with E-state index in [1.54, 1.807) is 6.20 Å². The molecule has 0 bridgehead atoms. The van der Waals surface area contributed by atoms with E-state index < -0.39 is 0 Å². The Morgan fingerprint density at radius 3 is 2.92 bits per heavy atom. The molecule has 1 amide bonds. The molecule has 0 saturated heterocycles. The molecule has 0 aliphatic carbocycles. The number of nitrogens with zero attached hydrogens (tertiary/aromatic N) is 1. The van der Waals surface area contributed by atoms with Gasteiger partial charge < -0.3 is 5.32 Å². The van der Waals surface area contributed by atoms with Crippen molar-refractivity contribution < 1.29 is 4.79 Å². The second kappa shape index (κ2) is 4.21. The van der Waals surface area contributed by atoms with Crippen LogP contribution in [0.25, 0.3) is 0 Å². The van der Waals surface area contributed by atoms with Crippen LogP contribution in [-0.2, 0) is 4.79 Å². The van der Waals surface area contributed by atoms with Crippen LogP contribution < -0.4 is 5.32 Å². The first-order chi connectivity index (χ1) is 5.72. The van der Waals surface area contributed by atoms with Crippen LogP contribution in [0.5, 0.6) is 0 Å². The van der Waals surface area contributed by atoms with E-state index in [1.807, 2.05) is 19.1 Å². The van der Waals surface area contributed by atoms with Gasteiger partial charge in [0.1, 0.15) is 0 Å². The fourth-order valence-electron chi connectivity index (χ4n) is 0.736. The SMILES string of the molecule is Cc1ccc(NC(=O)CBr)cn1. The molecule has 0 saturated carbocycles. The van der Waals surface area contributed by atoms with E-state index in [-0.39, 0.29) is 5.91 Å². The summed E-state index contributed by atoms with van der Waals surface area (Å²) in [6.45, 7) is 1.90. The predicted octanol–water partition coefficient (Wildman–Crippen LogP) is 1.72. The molecule has 0 radical (unpaired) electrons. The van der Waals surface area contributed by atoms with Crippen molar-refractivity contribution in [2.75, 3.05) is 10.6 Å². The first-order valence-corrected chi connectivity index (χ1v) is 4.63. The number of carbonyl (C=O) groups is 1. The van der Waals surface area contributed by atoms with Crippen LogP contribution in [0.4, 0.5) is 5.69 Å². The molecule has 1 N–H and O–H groups in total. The summed E-state index contributed by atoms with van der Waals surface area (Å²) < 4.78 is 0. The third kappa shape index (κ3) is 2.62. The Kier molecular flexibility index (Phi) is 3.22.